The van der Waals surface area contributed by atoms with Gasteiger partial charge in [-0.05, 0) is 33.1 Å². The molecule has 106 valence electrons. The Bertz CT molecular complexity index is 268. The number of carboxylic acid groups (broad SMARTS) is 1. The summed E-state index contributed by atoms with van der Waals surface area (Å²) in [7, 11) is 0. The summed E-state index contributed by atoms with van der Waals surface area (Å²) < 4.78 is 5.79. The number of nitrogens with one attached hydrogen (secondary N) is 1. The van der Waals surface area contributed by atoms with Crippen molar-refractivity contribution in [3.05, 3.63) is 0 Å². The predicted octanol–water partition coefficient (Wildman–Crippen LogP) is 2.57. The van der Waals surface area contributed by atoms with Crippen LogP contribution in [0.3, 0.4) is 0 Å². The average Bonchev–Trinajstić information content (AvgIpc) is 2.68. The number of unbranched alkanes of at least 4 members (excludes halogenated alkanes) is 2. The van der Waals surface area contributed by atoms with E-state index < -0.39 is 11.5 Å². The van der Waals surface area contributed by atoms with Gasteiger partial charge in [-0.25, -0.2) is 0 Å². The highest BCUT2D eigenvalue weighted by Crippen LogP contribution is 2.33. The Morgan fingerprint density at radius 1 is 1.50 bits per heavy atom. The molecule has 1 fully saturated rings. The third-order valence-electron chi connectivity index (χ3n) is 3.55. The molecule has 2 unspecified atom stereocenters. The fourth-order valence-corrected chi connectivity index (χ4v) is 2.68. The van der Waals surface area contributed by atoms with E-state index in [1.165, 1.54) is 12.8 Å². The largest absolute Gasteiger partial charge is 0.480 e. The first-order valence-corrected chi connectivity index (χ1v) is 7.13. The van der Waals surface area contributed by atoms with Crippen LogP contribution in [0.4, 0.5) is 0 Å². The van der Waals surface area contributed by atoms with Gasteiger partial charge in [0, 0.05) is 19.1 Å². The Hall–Kier alpha value is -0.610. The monoisotopic (exact) mass is 257 g/mol. The van der Waals surface area contributed by atoms with Gasteiger partial charge >= 0.3 is 5.97 Å². The van der Waals surface area contributed by atoms with Crippen molar-refractivity contribution in [1.82, 2.24) is 5.32 Å². The summed E-state index contributed by atoms with van der Waals surface area (Å²) in [4.78, 5) is 11.5. The molecule has 1 saturated carbocycles. The van der Waals surface area contributed by atoms with E-state index in [0.717, 1.165) is 19.4 Å². The van der Waals surface area contributed by atoms with Crippen LogP contribution < -0.4 is 5.32 Å². The second kappa shape index (κ2) is 7.10. The Balaban J connectivity index is 2.42. The van der Waals surface area contributed by atoms with Crippen LogP contribution in [-0.2, 0) is 9.53 Å². The molecule has 2 N–H and O–H groups in total. The van der Waals surface area contributed by atoms with E-state index in [2.05, 4.69) is 12.2 Å². The average molecular weight is 257 g/mol. The molecule has 0 aromatic rings. The Labute approximate surface area is 110 Å². The SMILES string of the molecule is CCCCCOC1CCC(NC(C)C)(C(=O)O)C1. The molecular formula is C14H27NO3. The van der Waals surface area contributed by atoms with Gasteiger partial charge in [0.2, 0.25) is 0 Å². The van der Waals surface area contributed by atoms with E-state index in [4.69, 9.17) is 4.74 Å². The third-order valence-corrected chi connectivity index (χ3v) is 3.55. The van der Waals surface area contributed by atoms with Gasteiger partial charge in [-0.1, -0.05) is 19.8 Å². The van der Waals surface area contributed by atoms with Crippen LogP contribution in [0.25, 0.3) is 0 Å². The molecule has 0 aromatic heterocycles. The molecule has 1 rings (SSSR count). The number of hydrogen-bond donors (Lipinski definition) is 2. The molecule has 0 spiro atoms. The summed E-state index contributed by atoms with van der Waals surface area (Å²) in [5, 5.41) is 12.6. The zero-order chi connectivity index (χ0) is 13.6. The maximum absolute atomic E-state index is 11.5. The normalized spacial score (nSPS) is 27.9. The van der Waals surface area contributed by atoms with Crippen molar-refractivity contribution in [2.24, 2.45) is 0 Å². The first-order valence-electron chi connectivity index (χ1n) is 7.13. The fourth-order valence-electron chi connectivity index (χ4n) is 2.68. The summed E-state index contributed by atoms with van der Waals surface area (Å²) in [6.45, 7) is 6.90. The molecule has 0 radical (unpaired) electrons. The van der Waals surface area contributed by atoms with E-state index in [1.54, 1.807) is 0 Å². The standard InChI is InChI=1S/C14H27NO3/c1-4-5-6-9-18-12-7-8-14(10-12,13(16)17)15-11(2)3/h11-12,15H,4-10H2,1-3H3,(H,16,17). The number of ether oxygens (including phenoxy) is 1. The molecule has 0 aliphatic heterocycles. The van der Waals surface area contributed by atoms with Crippen molar-refractivity contribution in [2.45, 2.75) is 77.0 Å². The lowest BCUT2D eigenvalue weighted by molar-refractivity contribution is -0.145. The van der Waals surface area contributed by atoms with Gasteiger partial charge in [-0.15, -0.1) is 0 Å². The minimum atomic E-state index is -0.774. The summed E-state index contributed by atoms with van der Waals surface area (Å²) in [5.74, 6) is -0.740. The van der Waals surface area contributed by atoms with Crippen molar-refractivity contribution >= 4 is 5.97 Å². The summed E-state index contributed by atoms with van der Waals surface area (Å²) >= 11 is 0. The number of hydrogen-bond acceptors (Lipinski definition) is 3. The first-order chi connectivity index (χ1) is 8.50. The smallest absolute Gasteiger partial charge is 0.324 e. The van der Waals surface area contributed by atoms with Crippen molar-refractivity contribution < 1.29 is 14.6 Å². The van der Waals surface area contributed by atoms with E-state index in [9.17, 15) is 9.90 Å². The fraction of sp³-hybridized carbons (Fsp3) is 0.929. The van der Waals surface area contributed by atoms with Gasteiger partial charge in [-0.3, -0.25) is 10.1 Å². The molecular weight excluding hydrogens is 230 g/mol. The lowest BCUT2D eigenvalue weighted by Gasteiger charge is -2.28. The molecule has 0 heterocycles. The molecule has 4 nitrogen and oxygen atoms in total. The van der Waals surface area contributed by atoms with Gasteiger partial charge in [0.05, 0.1) is 6.10 Å². The van der Waals surface area contributed by atoms with Gasteiger partial charge < -0.3 is 9.84 Å². The molecule has 4 heteroatoms. The van der Waals surface area contributed by atoms with E-state index >= 15 is 0 Å². The molecule has 0 bridgehead atoms. The van der Waals surface area contributed by atoms with Crippen LogP contribution in [0.15, 0.2) is 0 Å². The maximum atomic E-state index is 11.5. The minimum Gasteiger partial charge on any atom is -0.480 e. The van der Waals surface area contributed by atoms with Gasteiger partial charge in [0.1, 0.15) is 5.54 Å². The summed E-state index contributed by atoms with van der Waals surface area (Å²) in [6, 6.07) is 0.181. The topological polar surface area (TPSA) is 58.6 Å². The predicted molar refractivity (Wildman–Crippen MR) is 71.8 cm³/mol. The quantitative estimate of drug-likeness (QED) is 0.656. The number of carbonyl (C=O) groups is 1. The molecule has 0 amide bonds. The molecule has 2 atom stereocenters. The van der Waals surface area contributed by atoms with Crippen LogP contribution in [0.1, 0.15) is 59.3 Å². The highest BCUT2D eigenvalue weighted by atomic mass is 16.5. The van der Waals surface area contributed by atoms with Gasteiger partial charge in [-0.2, -0.15) is 0 Å². The molecule has 1 aliphatic rings. The van der Waals surface area contributed by atoms with Crippen molar-refractivity contribution in [3.63, 3.8) is 0 Å². The summed E-state index contributed by atoms with van der Waals surface area (Å²) in [6.07, 6.45) is 5.64. The molecule has 18 heavy (non-hydrogen) atoms. The highest BCUT2D eigenvalue weighted by Gasteiger charge is 2.46. The van der Waals surface area contributed by atoms with Gasteiger partial charge in [0.25, 0.3) is 0 Å². The van der Waals surface area contributed by atoms with Crippen molar-refractivity contribution in [3.8, 4) is 0 Å². The minimum absolute atomic E-state index is 0.101. The lowest BCUT2D eigenvalue weighted by atomic mass is 9.96. The van der Waals surface area contributed by atoms with Crippen molar-refractivity contribution in [2.75, 3.05) is 6.61 Å². The van der Waals surface area contributed by atoms with E-state index in [1.807, 2.05) is 13.8 Å². The lowest BCUT2D eigenvalue weighted by Crippen LogP contribution is -2.53. The van der Waals surface area contributed by atoms with Gasteiger partial charge in [0.15, 0.2) is 0 Å². The molecule has 1 aliphatic carbocycles. The first kappa shape index (κ1) is 15.4. The van der Waals surface area contributed by atoms with Crippen LogP contribution in [0, 0.1) is 0 Å². The number of aliphatic carboxylic acids is 1. The third kappa shape index (κ3) is 4.25. The second-order valence-electron chi connectivity index (χ2n) is 5.63. The van der Waals surface area contributed by atoms with Crippen LogP contribution >= 0.6 is 0 Å². The number of rotatable bonds is 8. The highest BCUT2D eigenvalue weighted by molar-refractivity contribution is 5.79. The van der Waals surface area contributed by atoms with E-state index in [0.29, 0.717) is 12.8 Å². The number of carboxylic acids is 1. The second-order valence-corrected chi connectivity index (χ2v) is 5.63. The molecule has 0 aromatic carbocycles. The zero-order valence-corrected chi connectivity index (χ0v) is 11.9. The Kier molecular flexibility index (Phi) is 6.09. The Morgan fingerprint density at radius 2 is 2.22 bits per heavy atom. The zero-order valence-electron chi connectivity index (χ0n) is 11.9. The van der Waals surface area contributed by atoms with E-state index in [-0.39, 0.29) is 12.1 Å². The van der Waals surface area contributed by atoms with Crippen LogP contribution in [0.5, 0.6) is 0 Å². The van der Waals surface area contributed by atoms with Crippen molar-refractivity contribution in [1.29, 1.82) is 0 Å². The maximum Gasteiger partial charge on any atom is 0.324 e. The van der Waals surface area contributed by atoms with Crippen LogP contribution in [-0.4, -0.2) is 35.4 Å². The Morgan fingerprint density at radius 3 is 2.78 bits per heavy atom. The summed E-state index contributed by atoms with van der Waals surface area (Å²) in [5.41, 5.74) is -0.774. The van der Waals surface area contributed by atoms with Crippen LogP contribution in [0.2, 0.25) is 0 Å². The molecule has 0 saturated heterocycles.